The van der Waals surface area contributed by atoms with Crippen molar-refractivity contribution >= 4 is 28.5 Å². The van der Waals surface area contributed by atoms with Crippen molar-refractivity contribution in [3.63, 3.8) is 0 Å². The van der Waals surface area contributed by atoms with Crippen molar-refractivity contribution in [2.75, 3.05) is 12.4 Å². The highest BCUT2D eigenvalue weighted by Crippen LogP contribution is 2.30. The van der Waals surface area contributed by atoms with Crippen LogP contribution in [0.3, 0.4) is 0 Å². The molecule has 5 nitrogen and oxygen atoms in total. The molecule has 0 spiro atoms. The van der Waals surface area contributed by atoms with Gasteiger partial charge in [0.1, 0.15) is 23.2 Å². The zero-order valence-electron chi connectivity index (χ0n) is 15.2. The number of amides is 1. The molecule has 1 N–H and O–H groups in total. The number of hydrogen-bond acceptors (Lipinski definition) is 5. The number of nitrogens with one attached hydrogen (secondary N) is 1. The van der Waals surface area contributed by atoms with Crippen molar-refractivity contribution in [1.29, 1.82) is 5.26 Å². The van der Waals surface area contributed by atoms with Gasteiger partial charge in [-0.15, -0.1) is 11.3 Å². The molecule has 2 aromatic carbocycles. The minimum absolute atomic E-state index is 0.0404. The molecule has 0 unspecified atom stereocenters. The summed E-state index contributed by atoms with van der Waals surface area (Å²) >= 11 is 1.29. The molecule has 1 amide bonds. The number of carbonyl (C=O) groups excluding carboxylic acids is 1. The van der Waals surface area contributed by atoms with Gasteiger partial charge in [-0.2, -0.15) is 5.26 Å². The van der Waals surface area contributed by atoms with E-state index in [1.54, 1.807) is 43.5 Å². The maximum Gasteiger partial charge on any atom is 0.268 e. The van der Waals surface area contributed by atoms with Crippen molar-refractivity contribution in [2.45, 2.75) is 6.92 Å². The minimum atomic E-state index is -0.544. The quantitative estimate of drug-likeness (QED) is 0.498. The van der Waals surface area contributed by atoms with Crippen molar-refractivity contribution in [1.82, 2.24) is 4.98 Å². The maximum absolute atomic E-state index is 13.1. The van der Waals surface area contributed by atoms with Gasteiger partial charge in [-0.3, -0.25) is 10.1 Å². The van der Waals surface area contributed by atoms with Crippen molar-refractivity contribution in [2.24, 2.45) is 0 Å². The third kappa shape index (κ3) is 4.42. The van der Waals surface area contributed by atoms with Crippen LogP contribution in [0.1, 0.15) is 10.4 Å². The maximum atomic E-state index is 13.1. The Morgan fingerprint density at radius 2 is 1.89 bits per heavy atom. The van der Waals surface area contributed by atoms with Gasteiger partial charge >= 0.3 is 0 Å². The topological polar surface area (TPSA) is 75.0 Å². The number of aryl methyl sites for hydroxylation is 1. The van der Waals surface area contributed by atoms with Crippen LogP contribution >= 0.6 is 11.3 Å². The zero-order valence-corrected chi connectivity index (χ0v) is 16.0. The Morgan fingerprint density at radius 3 is 2.50 bits per heavy atom. The molecule has 0 radical (unpaired) electrons. The molecule has 0 aliphatic heterocycles. The molecule has 7 heteroatoms. The van der Waals surface area contributed by atoms with Gasteiger partial charge in [0, 0.05) is 10.4 Å². The van der Waals surface area contributed by atoms with Crippen molar-refractivity contribution < 1.29 is 13.9 Å². The smallest absolute Gasteiger partial charge is 0.268 e. The van der Waals surface area contributed by atoms with Crippen LogP contribution in [0.4, 0.5) is 9.52 Å². The van der Waals surface area contributed by atoms with Crippen LogP contribution in [-0.2, 0) is 4.79 Å². The summed E-state index contributed by atoms with van der Waals surface area (Å²) in [5.41, 5.74) is 2.08. The molecular formula is C21H16FN3O2S. The lowest BCUT2D eigenvalue weighted by Gasteiger charge is -2.02. The number of nitrogens with zero attached hydrogens (tertiary/aromatic N) is 2. The van der Waals surface area contributed by atoms with Gasteiger partial charge in [-0.1, -0.05) is 12.1 Å². The summed E-state index contributed by atoms with van der Waals surface area (Å²) in [5, 5.41) is 12.4. The molecule has 1 heterocycles. The molecule has 3 rings (SSSR count). The lowest BCUT2D eigenvalue weighted by Crippen LogP contribution is -2.13. The summed E-state index contributed by atoms with van der Waals surface area (Å²) in [7, 11) is 1.56. The molecule has 3 aromatic rings. The first-order valence-electron chi connectivity index (χ1n) is 8.30. The Bertz CT molecular complexity index is 1060. The van der Waals surface area contributed by atoms with Gasteiger partial charge in [0.2, 0.25) is 0 Å². The van der Waals surface area contributed by atoms with E-state index >= 15 is 0 Å². The van der Waals surface area contributed by atoms with Crippen LogP contribution in [-0.4, -0.2) is 18.0 Å². The summed E-state index contributed by atoms with van der Waals surface area (Å²) in [6.07, 6.45) is 1.50. The van der Waals surface area contributed by atoms with Crippen LogP contribution in [0.25, 0.3) is 17.3 Å². The number of nitriles is 1. The molecule has 28 heavy (non-hydrogen) atoms. The van der Waals surface area contributed by atoms with Crippen LogP contribution in [0.15, 0.2) is 54.1 Å². The van der Waals surface area contributed by atoms with E-state index in [-0.39, 0.29) is 11.4 Å². The molecule has 140 valence electrons. The van der Waals surface area contributed by atoms with Gasteiger partial charge in [-0.25, -0.2) is 9.37 Å². The first-order chi connectivity index (χ1) is 13.5. The van der Waals surface area contributed by atoms with Crippen molar-refractivity contribution in [3.05, 3.63) is 70.4 Å². The molecule has 0 fully saturated rings. The predicted molar refractivity (Wildman–Crippen MR) is 107 cm³/mol. The molecular weight excluding hydrogens is 377 g/mol. The van der Waals surface area contributed by atoms with E-state index in [1.807, 2.05) is 13.0 Å². The van der Waals surface area contributed by atoms with Crippen LogP contribution in [0, 0.1) is 24.1 Å². The number of thiazole rings is 1. The largest absolute Gasteiger partial charge is 0.497 e. The predicted octanol–water partition coefficient (Wildman–Crippen LogP) is 4.81. The van der Waals surface area contributed by atoms with Crippen molar-refractivity contribution in [3.8, 4) is 23.1 Å². The van der Waals surface area contributed by atoms with E-state index in [0.29, 0.717) is 22.1 Å². The van der Waals surface area contributed by atoms with Gasteiger partial charge in [0.15, 0.2) is 5.13 Å². The fourth-order valence-corrected chi connectivity index (χ4v) is 3.34. The third-order valence-corrected chi connectivity index (χ3v) is 4.81. The number of ether oxygens (including phenoxy) is 1. The van der Waals surface area contributed by atoms with Gasteiger partial charge in [-0.05, 0) is 55.0 Å². The Balaban J connectivity index is 1.79. The molecule has 1 aromatic heterocycles. The molecule has 0 atom stereocenters. The third-order valence-electron chi connectivity index (χ3n) is 3.93. The zero-order chi connectivity index (χ0) is 20.1. The number of carbonyl (C=O) groups is 1. The number of methoxy groups -OCH3 is 1. The molecule has 0 saturated carbocycles. The van der Waals surface area contributed by atoms with Crippen LogP contribution < -0.4 is 10.1 Å². The lowest BCUT2D eigenvalue weighted by atomic mass is 10.1. The second-order valence-electron chi connectivity index (χ2n) is 5.83. The monoisotopic (exact) mass is 393 g/mol. The van der Waals surface area contributed by atoms with Gasteiger partial charge in [0.25, 0.3) is 5.91 Å². The standard InChI is InChI=1S/C21H16FN3O2S/c1-13-19(15-5-7-17(22)8-6-15)24-21(28-13)25-20(26)16(12-23)11-14-3-9-18(27-2)10-4-14/h3-11H,1-2H3,(H,24,25,26)/b16-11+. The average molecular weight is 393 g/mol. The second-order valence-corrected chi connectivity index (χ2v) is 7.03. The minimum Gasteiger partial charge on any atom is -0.497 e. The molecule has 0 aliphatic carbocycles. The van der Waals surface area contributed by atoms with E-state index in [0.717, 1.165) is 10.4 Å². The molecule has 0 aliphatic rings. The summed E-state index contributed by atoms with van der Waals surface area (Å²) in [6.45, 7) is 1.87. The summed E-state index contributed by atoms with van der Waals surface area (Å²) in [5.74, 6) is -0.183. The highest BCUT2D eigenvalue weighted by atomic mass is 32.1. The summed E-state index contributed by atoms with van der Waals surface area (Å²) < 4.78 is 18.2. The first kappa shape index (κ1) is 19.3. The number of hydrogen-bond donors (Lipinski definition) is 1. The molecule has 0 saturated heterocycles. The second kappa shape index (κ2) is 8.46. The number of aromatic nitrogens is 1. The average Bonchev–Trinajstić information content (AvgIpc) is 3.07. The Labute approximate surface area is 165 Å². The van der Waals surface area contributed by atoms with E-state index in [2.05, 4.69) is 10.3 Å². The number of benzene rings is 2. The van der Waals surface area contributed by atoms with E-state index in [9.17, 15) is 14.4 Å². The first-order valence-corrected chi connectivity index (χ1v) is 9.12. The number of halogens is 1. The highest BCUT2D eigenvalue weighted by Gasteiger charge is 2.15. The Kier molecular flexibility index (Phi) is 5.82. The van der Waals surface area contributed by atoms with E-state index in [1.165, 1.54) is 29.5 Å². The normalized spacial score (nSPS) is 11.0. The van der Waals surface area contributed by atoms with E-state index < -0.39 is 5.91 Å². The number of anilines is 1. The Hall–Kier alpha value is -3.50. The van der Waals surface area contributed by atoms with Gasteiger partial charge < -0.3 is 4.74 Å². The fourth-order valence-electron chi connectivity index (χ4n) is 2.51. The van der Waals surface area contributed by atoms with Crippen LogP contribution in [0.5, 0.6) is 5.75 Å². The molecule has 0 bridgehead atoms. The fraction of sp³-hybridized carbons (Fsp3) is 0.0952. The van der Waals surface area contributed by atoms with Crippen LogP contribution in [0.2, 0.25) is 0 Å². The van der Waals surface area contributed by atoms with E-state index in [4.69, 9.17) is 4.74 Å². The summed E-state index contributed by atoms with van der Waals surface area (Å²) in [4.78, 5) is 17.7. The van der Waals surface area contributed by atoms with Gasteiger partial charge in [0.05, 0.1) is 12.8 Å². The lowest BCUT2D eigenvalue weighted by molar-refractivity contribution is -0.112. The SMILES string of the molecule is COc1ccc(/C=C(\C#N)C(=O)Nc2nc(-c3ccc(F)cc3)c(C)s2)cc1. The number of rotatable bonds is 5. The Morgan fingerprint density at radius 1 is 1.21 bits per heavy atom. The highest BCUT2D eigenvalue weighted by molar-refractivity contribution is 7.16. The summed E-state index contributed by atoms with van der Waals surface area (Å²) in [6, 6.07) is 14.9.